The third kappa shape index (κ3) is 6.62. The zero-order chi connectivity index (χ0) is 24.7. The highest BCUT2D eigenvalue weighted by atomic mass is 35.5. The van der Waals surface area contributed by atoms with Crippen LogP contribution >= 0.6 is 11.6 Å². The summed E-state index contributed by atoms with van der Waals surface area (Å²) in [5.74, 6) is -1.13. The molecule has 0 fully saturated rings. The van der Waals surface area contributed by atoms with E-state index in [9.17, 15) is 22.8 Å². The van der Waals surface area contributed by atoms with E-state index in [0.29, 0.717) is 17.0 Å². The highest BCUT2D eigenvalue weighted by Gasteiger charge is 2.30. The van der Waals surface area contributed by atoms with E-state index in [-0.39, 0.29) is 10.6 Å². The number of esters is 1. The second-order valence-electron chi connectivity index (χ2n) is 7.02. The van der Waals surface area contributed by atoms with Crippen LogP contribution in [-0.4, -0.2) is 19.0 Å². The third-order valence-corrected chi connectivity index (χ3v) is 4.91. The molecule has 0 bridgehead atoms. The largest absolute Gasteiger partial charge is 0.495 e. The minimum Gasteiger partial charge on any atom is -0.495 e. The van der Waals surface area contributed by atoms with Crippen molar-refractivity contribution in [2.75, 3.05) is 12.4 Å². The predicted molar refractivity (Wildman–Crippen MR) is 122 cm³/mol. The van der Waals surface area contributed by atoms with E-state index < -0.39 is 29.7 Å². The molecular weight excluding hydrogens is 471 g/mol. The molecular formula is C25H19ClF3NO4. The van der Waals surface area contributed by atoms with Gasteiger partial charge in [-0.1, -0.05) is 54.1 Å². The predicted octanol–water partition coefficient (Wildman–Crippen LogP) is 6.30. The smallest absolute Gasteiger partial charge is 0.416 e. The lowest BCUT2D eigenvalue weighted by Gasteiger charge is -2.17. The summed E-state index contributed by atoms with van der Waals surface area (Å²) in [5, 5.41) is 2.91. The monoisotopic (exact) mass is 489 g/mol. The third-order valence-electron chi connectivity index (χ3n) is 4.62. The summed E-state index contributed by atoms with van der Waals surface area (Å²) < 4.78 is 49.1. The summed E-state index contributed by atoms with van der Waals surface area (Å²) in [6, 6.07) is 17.4. The number of nitrogens with one attached hydrogen (secondary N) is 1. The van der Waals surface area contributed by atoms with Crippen LogP contribution in [0, 0.1) is 0 Å². The number of benzene rings is 3. The van der Waals surface area contributed by atoms with Crippen LogP contribution in [0.3, 0.4) is 0 Å². The van der Waals surface area contributed by atoms with Gasteiger partial charge < -0.3 is 14.8 Å². The number of halogens is 4. The van der Waals surface area contributed by atoms with Crippen molar-refractivity contribution in [3.8, 4) is 5.75 Å². The normalized spacial score (nSPS) is 12.3. The average Bonchev–Trinajstić information content (AvgIpc) is 2.81. The van der Waals surface area contributed by atoms with E-state index >= 15 is 0 Å². The van der Waals surface area contributed by atoms with Crippen LogP contribution in [0.1, 0.15) is 22.8 Å². The fourth-order valence-corrected chi connectivity index (χ4v) is 3.25. The molecule has 1 atom stereocenters. The Hall–Kier alpha value is -3.78. The van der Waals surface area contributed by atoms with Gasteiger partial charge in [0, 0.05) is 17.3 Å². The molecule has 5 nitrogen and oxygen atoms in total. The number of amides is 1. The Bertz CT molecular complexity index is 1200. The standard InChI is InChI=1S/C25H19ClF3NO4/c1-33-21-12-11-19(15-20(21)26)30-24(32)23(17-7-3-2-4-8-17)34-22(31)13-10-16-6-5-9-18(14-16)25(27,28)29/h2-15,23H,1H3,(H,30,32)/b13-10+/t23-/m0/s1. The molecule has 0 heterocycles. The molecule has 0 saturated heterocycles. The Labute approximate surface area is 198 Å². The van der Waals surface area contributed by atoms with Crippen molar-refractivity contribution in [1.29, 1.82) is 0 Å². The molecule has 3 aromatic carbocycles. The molecule has 3 aromatic rings. The molecule has 1 N–H and O–H groups in total. The van der Waals surface area contributed by atoms with Gasteiger partial charge in [-0.2, -0.15) is 13.2 Å². The number of hydrogen-bond acceptors (Lipinski definition) is 4. The fourth-order valence-electron chi connectivity index (χ4n) is 2.99. The van der Waals surface area contributed by atoms with Gasteiger partial charge in [-0.3, -0.25) is 4.79 Å². The highest BCUT2D eigenvalue weighted by Crippen LogP contribution is 2.30. The van der Waals surface area contributed by atoms with Gasteiger partial charge >= 0.3 is 12.1 Å². The van der Waals surface area contributed by atoms with Gasteiger partial charge in [0.05, 0.1) is 17.7 Å². The first-order valence-electron chi connectivity index (χ1n) is 9.92. The lowest BCUT2D eigenvalue weighted by Crippen LogP contribution is -2.25. The van der Waals surface area contributed by atoms with E-state index in [0.717, 1.165) is 18.2 Å². The first-order valence-corrected chi connectivity index (χ1v) is 10.3. The molecule has 0 saturated carbocycles. The van der Waals surface area contributed by atoms with E-state index in [1.54, 1.807) is 42.5 Å². The molecule has 0 spiro atoms. The van der Waals surface area contributed by atoms with E-state index in [2.05, 4.69) is 5.32 Å². The number of alkyl halides is 3. The number of rotatable bonds is 7. The maximum Gasteiger partial charge on any atom is 0.416 e. The van der Waals surface area contributed by atoms with Crippen molar-refractivity contribution in [2.45, 2.75) is 12.3 Å². The highest BCUT2D eigenvalue weighted by molar-refractivity contribution is 6.32. The summed E-state index contributed by atoms with van der Waals surface area (Å²) >= 11 is 6.09. The number of methoxy groups -OCH3 is 1. The zero-order valence-corrected chi connectivity index (χ0v) is 18.6. The molecule has 0 unspecified atom stereocenters. The lowest BCUT2D eigenvalue weighted by molar-refractivity contribution is -0.149. The van der Waals surface area contributed by atoms with Crippen LogP contribution in [0.4, 0.5) is 18.9 Å². The van der Waals surface area contributed by atoms with E-state index in [4.69, 9.17) is 21.1 Å². The molecule has 176 valence electrons. The SMILES string of the molecule is COc1ccc(NC(=O)[C@@H](OC(=O)/C=C/c2cccc(C(F)(F)F)c2)c2ccccc2)cc1Cl. The summed E-state index contributed by atoms with van der Waals surface area (Å²) in [7, 11) is 1.46. The fraction of sp³-hybridized carbons (Fsp3) is 0.120. The quantitative estimate of drug-likeness (QED) is 0.312. The van der Waals surface area contributed by atoms with Crippen LogP contribution in [0.5, 0.6) is 5.75 Å². The first-order chi connectivity index (χ1) is 16.2. The van der Waals surface area contributed by atoms with Crippen molar-refractivity contribution in [3.63, 3.8) is 0 Å². The van der Waals surface area contributed by atoms with Crippen LogP contribution < -0.4 is 10.1 Å². The van der Waals surface area contributed by atoms with Crippen LogP contribution in [0.2, 0.25) is 5.02 Å². The minimum absolute atomic E-state index is 0.153. The summed E-state index contributed by atoms with van der Waals surface area (Å²) in [6.45, 7) is 0. The van der Waals surface area contributed by atoms with Gasteiger partial charge in [-0.15, -0.1) is 0 Å². The summed E-state index contributed by atoms with van der Waals surface area (Å²) in [6.07, 6.45) is -3.68. The van der Waals surface area contributed by atoms with Gasteiger partial charge in [0.1, 0.15) is 5.75 Å². The topological polar surface area (TPSA) is 64.6 Å². The van der Waals surface area contributed by atoms with Gasteiger partial charge in [-0.25, -0.2) is 4.79 Å². The van der Waals surface area contributed by atoms with Crippen LogP contribution in [0.15, 0.2) is 78.9 Å². The summed E-state index contributed by atoms with van der Waals surface area (Å²) in [4.78, 5) is 25.4. The Morgan fingerprint density at radius 3 is 2.38 bits per heavy atom. The van der Waals surface area contributed by atoms with Crippen molar-refractivity contribution in [1.82, 2.24) is 0 Å². The molecule has 0 aromatic heterocycles. The lowest BCUT2D eigenvalue weighted by atomic mass is 10.1. The number of carbonyl (C=O) groups is 2. The maximum atomic E-state index is 12.9. The Kier molecular flexibility index (Phi) is 7.96. The second kappa shape index (κ2) is 10.9. The van der Waals surface area contributed by atoms with Gasteiger partial charge in [0.25, 0.3) is 5.91 Å². The van der Waals surface area contributed by atoms with E-state index in [1.807, 2.05) is 0 Å². The molecule has 0 aliphatic carbocycles. The Balaban J connectivity index is 1.77. The van der Waals surface area contributed by atoms with Gasteiger partial charge in [0.15, 0.2) is 0 Å². The first kappa shape index (κ1) is 24.9. The molecule has 3 rings (SSSR count). The molecule has 0 aliphatic rings. The average molecular weight is 490 g/mol. The van der Waals surface area contributed by atoms with Crippen molar-refractivity contribution in [3.05, 3.63) is 101 Å². The number of anilines is 1. The molecule has 0 radical (unpaired) electrons. The molecule has 0 aliphatic heterocycles. The molecule has 1 amide bonds. The minimum atomic E-state index is -4.51. The Morgan fingerprint density at radius 1 is 1.00 bits per heavy atom. The molecule has 34 heavy (non-hydrogen) atoms. The second-order valence-corrected chi connectivity index (χ2v) is 7.43. The van der Waals surface area contributed by atoms with Crippen molar-refractivity contribution >= 4 is 35.2 Å². The molecule has 9 heteroatoms. The van der Waals surface area contributed by atoms with E-state index in [1.165, 1.54) is 31.4 Å². The van der Waals surface area contributed by atoms with Gasteiger partial charge in [0.2, 0.25) is 6.10 Å². The summed E-state index contributed by atoms with van der Waals surface area (Å²) in [5.41, 5.74) is 0.0655. The zero-order valence-electron chi connectivity index (χ0n) is 17.8. The number of hydrogen-bond donors (Lipinski definition) is 1. The Morgan fingerprint density at radius 2 is 1.74 bits per heavy atom. The number of ether oxygens (including phenoxy) is 2. The van der Waals surface area contributed by atoms with Crippen molar-refractivity contribution < 1.29 is 32.2 Å². The van der Waals surface area contributed by atoms with Gasteiger partial charge in [-0.05, 0) is 42.0 Å². The van der Waals surface area contributed by atoms with Crippen LogP contribution in [-0.2, 0) is 20.5 Å². The van der Waals surface area contributed by atoms with Crippen LogP contribution in [0.25, 0.3) is 6.08 Å². The van der Waals surface area contributed by atoms with Crippen molar-refractivity contribution in [2.24, 2.45) is 0 Å². The number of carbonyl (C=O) groups excluding carboxylic acids is 2. The maximum absolute atomic E-state index is 12.9.